The zero-order valence-corrected chi connectivity index (χ0v) is 15.6. The minimum atomic E-state index is -4.63. The number of nitrogens with zero attached hydrogens (tertiary/aromatic N) is 4. The van der Waals surface area contributed by atoms with E-state index >= 15 is 0 Å². The Morgan fingerprint density at radius 2 is 2.11 bits per heavy atom. The second-order valence-electron chi connectivity index (χ2n) is 6.21. The van der Waals surface area contributed by atoms with Gasteiger partial charge in [0.05, 0.1) is 10.6 Å². The van der Waals surface area contributed by atoms with Crippen LogP contribution in [0.4, 0.5) is 13.2 Å². The lowest BCUT2D eigenvalue weighted by Crippen LogP contribution is -2.27. The minimum Gasteiger partial charge on any atom is -0.351 e. The van der Waals surface area contributed by atoms with Crippen LogP contribution in [0.2, 0.25) is 0 Å². The highest BCUT2D eigenvalue weighted by Gasteiger charge is 2.35. The molecule has 10 heteroatoms. The van der Waals surface area contributed by atoms with Gasteiger partial charge in [-0.3, -0.25) is 4.79 Å². The predicted molar refractivity (Wildman–Crippen MR) is 96.8 cm³/mol. The van der Waals surface area contributed by atoms with Crippen molar-refractivity contribution in [3.05, 3.63) is 41.0 Å². The zero-order chi connectivity index (χ0) is 19.6. The Labute approximate surface area is 157 Å². The quantitative estimate of drug-likeness (QED) is 0.649. The second kappa shape index (κ2) is 7.65. The Hall–Kier alpha value is -2.46. The molecule has 0 atom stereocenters. The fourth-order valence-corrected chi connectivity index (χ4v) is 3.21. The van der Waals surface area contributed by atoms with Crippen LogP contribution in [-0.4, -0.2) is 52.6 Å². The van der Waals surface area contributed by atoms with Gasteiger partial charge in [0.2, 0.25) is 0 Å². The summed E-state index contributed by atoms with van der Waals surface area (Å²) >= 11 is 1.29. The van der Waals surface area contributed by atoms with Crippen molar-refractivity contribution >= 4 is 22.9 Å². The first-order valence-corrected chi connectivity index (χ1v) is 9.08. The molecule has 0 unspecified atom stereocenters. The maximum Gasteiger partial charge on any atom is 0.433 e. The highest BCUT2D eigenvalue weighted by Crippen LogP contribution is 2.33. The normalized spacial score (nSPS) is 12.1. The highest BCUT2D eigenvalue weighted by atomic mass is 32.1. The van der Waals surface area contributed by atoms with Gasteiger partial charge in [0.1, 0.15) is 0 Å². The van der Waals surface area contributed by atoms with Gasteiger partial charge in [-0.2, -0.15) is 18.3 Å². The van der Waals surface area contributed by atoms with Crippen molar-refractivity contribution in [2.24, 2.45) is 0 Å². The molecule has 3 heterocycles. The van der Waals surface area contributed by atoms with Gasteiger partial charge in [0, 0.05) is 12.6 Å². The van der Waals surface area contributed by atoms with Crippen LogP contribution in [0.1, 0.15) is 22.6 Å². The van der Waals surface area contributed by atoms with E-state index < -0.39 is 17.8 Å². The number of hydrogen-bond acceptors (Lipinski definition) is 5. The van der Waals surface area contributed by atoms with E-state index in [2.05, 4.69) is 15.4 Å². The van der Waals surface area contributed by atoms with Crippen LogP contribution < -0.4 is 5.32 Å². The van der Waals surface area contributed by atoms with Crippen molar-refractivity contribution in [1.82, 2.24) is 24.8 Å². The van der Waals surface area contributed by atoms with Crippen LogP contribution in [-0.2, 0) is 6.18 Å². The van der Waals surface area contributed by atoms with Crippen molar-refractivity contribution in [2.75, 3.05) is 27.2 Å². The van der Waals surface area contributed by atoms with Crippen molar-refractivity contribution in [3.8, 4) is 10.6 Å². The third kappa shape index (κ3) is 4.45. The van der Waals surface area contributed by atoms with Gasteiger partial charge in [-0.25, -0.2) is 9.50 Å². The van der Waals surface area contributed by atoms with E-state index in [1.165, 1.54) is 17.4 Å². The Kier molecular flexibility index (Phi) is 5.47. The first kappa shape index (κ1) is 19.3. The van der Waals surface area contributed by atoms with E-state index in [0.29, 0.717) is 15.9 Å². The molecule has 0 fully saturated rings. The predicted octanol–water partition coefficient (Wildman–Crippen LogP) is 3.16. The van der Waals surface area contributed by atoms with E-state index in [1.807, 2.05) is 19.0 Å². The number of carbonyl (C=O) groups excluding carboxylic acids is 1. The molecule has 144 valence electrons. The first-order valence-electron chi connectivity index (χ1n) is 8.20. The molecule has 0 saturated carbocycles. The molecular weight excluding hydrogens is 379 g/mol. The van der Waals surface area contributed by atoms with Gasteiger partial charge in [0.25, 0.3) is 5.91 Å². The lowest BCUT2D eigenvalue weighted by molar-refractivity contribution is -0.142. The minimum absolute atomic E-state index is 0.0216. The summed E-state index contributed by atoms with van der Waals surface area (Å²) in [5.41, 5.74) is -0.891. The average molecular weight is 397 g/mol. The van der Waals surface area contributed by atoms with Gasteiger partial charge in [-0.05, 0) is 44.6 Å². The summed E-state index contributed by atoms with van der Waals surface area (Å²) in [5.74, 6) is -0.523. The van der Waals surface area contributed by atoms with Crippen LogP contribution in [0, 0.1) is 0 Å². The summed E-state index contributed by atoms with van der Waals surface area (Å²) in [4.78, 5) is 19.0. The summed E-state index contributed by atoms with van der Waals surface area (Å²) in [5, 5.41) is 8.26. The smallest absolute Gasteiger partial charge is 0.351 e. The molecule has 1 amide bonds. The van der Waals surface area contributed by atoms with E-state index in [4.69, 9.17) is 0 Å². The van der Waals surface area contributed by atoms with Crippen molar-refractivity contribution in [1.29, 1.82) is 0 Å². The van der Waals surface area contributed by atoms with E-state index in [-0.39, 0.29) is 17.0 Å². The van der Waals surface area contributed by atoms with Crippen LogP contribution >= 0.6 is 11.3 Å². The molecule has 0 aliphatic carbocycles. The maximum atomic E-state index is 13.5. The van der Waals surface area contributed by atoms with Gasteiger partial charge < -0.3 is 10.2 Å². The summed E-state index contributed by atoms with van der Waals surface area (Å²) in [6.45, 7) is 1.19. The lowest BCUT2D eigenvalue weighted by atomic mass is 10.2. The van der Waals surface area contributed by atoms with Crippen molar-refractivity contribution in [3.63, 3.8) is 0 Å². The average Bonchev–Trinajstić information content (AvgIpc) is 3.25. The lowest BCUT2D eigenvalue weighted by Gasteiger charge is -2.10. The molecule has 0 radical (unpaired) electrons. The number of hydrogen-bond donors (Lipinski definition) is 1. The summed E-state index contributed by atoms with van der Waals surface area (Å²) < 4.78 is 41.1. The second-order valence-corrected chi connectivity index (χ2v) is 7.16. The number of alkyl halides is 3. The zero-order valence-electron chi connectivity index (χ0n) is 14.7. The molecular formula is C17H18F3N5OS. The van der Waals surface area contributed by atoms with Crippen LogP contribution in [0.5, 0.6) is 0 Å². The molecule has 0 aromatic carbocycles. The number of carbonyl (C=O) groups is 1. The van der Waals surface area contributed by atoms with E-state index in [9.17, 15) is 18.0 Å². The van der Waals surface area contributed by atoms with Crippen LogP contribution in [0.3, 0.4) is 0 Å². The highest BCUT2D eigenvalue weighted by molar-refractivity contribution is 7.13. The Bertz CT molecular complexity index is 934. The standard InChI is InChI=1S/C17H18F3N5OS/c1-24(2)7-4-6-21-16(26)12-10-15-22-11(13-5-3-8-27-13)9-14(17(18,19)20)25(15)23-12/h3,5,8-10H,4,6-7H2,1-2H3,(H,21,26). The first-order chi connectivity index (χ1) is 12.8. The van der Waals surface area contributed by atoms with E-state index in [1.54, 1.807) is 17.5 Å². The number of nitrogens with one attached hydrogen (secondary N) is 1. The van der Waals surface area contributed by atoms with Gasteiger partial charge in [0.15, 0.2) is 17.0 Å². The topological polar surface area (TPSA) is 62.5 Å². The Balaban J connectivity index is 1.92. The number of rotatable bonds is 6. The molecule has 6 nitrogen and oxygen atoms in total. The van der Waals surface area contributed by atoms with Gasteiger partial charge in [-0.15, -0.1) is 11.3 Å². The molecule has 0 aliphatic heterocycles. The SMILES string of the molecule is CN(C)CCCNC(=O)c1cc2nc(-c3cccs3)cc(C(F)(F)F)n2n1. The van der Waals surface area contributed by atoms with Crippen molar-refractivity contribution in [2.45, 2.75) is 12.6 Å². The number of amides is 1. The Morgan fingerprint density at radius 1 is 1.33 bits per heavy atom. The largest absolute Gasteiger partial charge is 0.433 e. The molecule has 0 bridgehead atoms. The monoisotopic (exact) mass is 397 g/mol. The summed E-state index contributed by atoms with van der Waals surface area (Å²) in [6.07, 6.45) is -3.90. The maximum absolute atomic E-state index is 13.5. The summed E-state index contributed by atoms with van der Waals surface area (Å²) in [7, 11) is 3.83. The molecule has 0 aliphatic rings. The molecule has 0 saturated heterocycles. The summed E-state index contributed by atoms with van der Waals surface area (Å²) in [6, 6.07) is 5.65. The van der Waals surface area contributed by atoms with Gasteiger partial charge in [-0.1, -0.05) is 6.07 Å². The van der Waals surface area contributed by atoms with Crippen LogP contribution in [0.15, 0.2) is 29.6 Å². The molecule has 3 rings (SSSR count). The molecule has 3 aromatic heterocycles. The molecule has 1 N–H and O–H groups in total. The molecule has 0 spiro atoms. The number of fused-ring (bicyclic) bond motifs is 1. The third-order valence-electron chi connectivity index (χ3n) is 3.79. The van der Waals surface area contributed by atoms with Gasteiger partial charge >= 0.3 is 6.18 Å². The fraction of sp³-hybridized carbons (Fsp3) is 0.353. The van der Waals surface area contributed by atoms with Crippen LogP contribution in [0.25, 0.3) is 16.2 Å². The molecule has 27 heavy (non-hydrogen) atoms. The fourth-order valence-electron chi connectivity index (χ4n) is 2.53. The van der Waals surface area contributed by atoms with E-state index in [0.717, 1.165) is 19.0 Å². The Morgan fingerprint density at radius 3 is 2.74 bits per heavy atom. The number of thiophene rings is 1. The molecule has 3 aromatic rings. The number of halogens is 3. The number of aromatic nitrogens is 3. The third-order valence-corrected chi connectivity index (χ3v) is 4.68. The van der Waals surface area contributed by atoms with Crippen molar-refractivity contribution < 1.29 is 18.0 Å².